The van der Waals surface area contributed by atoms with Crippen LogP contribution in [0.25, 0.3) is 10.7 Å². The van der Waals surface area contributed by atoms with Crippen molar-refractivity contribution in [1.29, 1.82) is 5.41 Å². The van der Waals surface area contributed by atoms with E-state index in [9.17, 15) is 9.18 Å². The standard InChI is InChI=1S/C17H15FN4O5S/c1-25-2-3-26-12-5-10(19)8(4-9(12)18)15(20)13-6-11(22-27-13)16-21-7-14(28-16)17(23)24/h4-7,20H,2-3,19H2,1H3,(H,23,24). The number of aromatic nitrogens is 2. The zero-order chi connectivity index (χ0) is 20.3. The van der Waals surface area contributed by atoms with Crippen LogP contribution in [0.2, 0.25) is 0 Å². The Kier molecular flexibility index (Phi) is 5.66. The molecule has 0 bridgehead atoms. The average molecular weight is 406 g/mol. The maximum Gasteiger partial charge on any atom is 0.347 e. The average Bonchev–Trinajstić information content (AvgIpc) is 3.33. The molecule has 0 aliphatic heterocycles. The first kappa shape index (κ1) is 19.5. The van der Waals surface area contributed by atoms with E-state index in [1.54, 1.807) is 0 Å². The number of benzene rings is 1. The zero-order valence-electron chi connectivity index (χ0n) is 14.6. The summed E-state index contributed by atoms with van der Waals surface area (Å²) in [6, 6.07) is 3.77. The van der Waals surface area contributed by atoms with Crippen molar-refractivity contribution in [3.63, 3.8) is 0 Å². The monoisotopic (exact) mass is 406 g/mol. The first-order chi connectivity index (χ1) is 13.4. The number of nitrogen functional groups attached to an aromatic ring is 1. The first-order valence-corrected chi connectivity index (χ1v) is 8.68. The molecular weight excluding hydrogens is 391 g/mol. The predicted octanol–water partition coefficient (Wildman–Crippen LogP) is 2.66. The Balaban J connectivity index is 1.83. The second-order valence-corrected chi connectivity index (χ2v) is 6.53. The molecule has 28 heavy (non-hydrogen) atoms. The number of methoxy groups -OCH3 is 1. The summed E-state index contributed by atoms with van der Waals surface area (Å²) in [6.45, 7) is 0.444. The van der Waals surface area contributed by atoms with E-state index in [1.807, 2.05) is 0 Å². The van der Waals surface area contributed by atoms with Crippen molar-refractivity contribution in [3.8, 4) is 16.5 Å². The Morgan fingerprint density at radius 3 is 2.86 bits per heavy atom. The van der Waals surface area contributed by atoms with Crippen molar-refractivity contribution >= 4 is 28.7 Å². The van der Waals surface area contributed by atoms with Gasteiger partial charge in [0.25, 0.3) is 0 Å². The Labute approximate surface area is 162 Å². The van der Waals surface area contributed by atoms with Crippen molar-refractivity contribution in [2.24, 2.45) is 0 Å². The summed E-state index contributed by atoms with van der Waals surface area (Å²) in [4.78, 5) is 15.0. The van der Waals surface area contributed by atoms with Crippen molar-refractivity contribution in [2.45, 2.75) is 0 Å². The smallest absolute Gasteiger partial charge is 0.347 e. The number of nitrogens with zero attached hydrogens (tertiary/aromatic N) is 2. The van der Waals surface area contributed by atoms with Crippen LogP contribution in [0.5, 0.6) is 5.75 Å². The second kappa shape index (κ2) is 8.15. The lowest BCUT2D eigenvalue weighted by molar-refractivity contribution is 0.0702. The highest BCUT2D eigenvalue weighted by molar-refractivity contribution is 7.16. The molecule has 1 aromatic carbocycles. The quantitative estimate of drug-likeness (QED) is 0.294. The van der Waals surface area contributed by atoms with Crippen molar-refractivity contribution in [2.75, 3.05) is 26.1 Å². The molecule has 2 aromatic heterocycles. The van der Waals surface area contributed by atoms with Crippen LogP contribution in [0.4, 0.5) is 10.1 Å². The van der Waals surface area contributed by atoms with Gasteiger partial charge in [-0.2, -0.15) is 0 Å². The third-order valence-corrected chi connectivity index (χ3v) is 4.62. The molecule has 9 nitrogen and oxygen atoms in total. The molecular formula is C17H15FN4O5S. The van der Waals surface area contributed by atoms with E-state index in [1.165, 1.54) is 25.4 Å². The molecule has 0 saturated carbocycles. The number of ether oxygens (including phenoxy) is 2. The van der Waals surface area contributed by atoms with Gasteiger partial charge in [-0.1, -0.05) is 5.16 Å². The van der Waals surface area contributed by atoms with Crippen molar-refractivity contribution in [3.05, 3.63) is 46.4 Å². The summed E-state index contributed by atoms with van der Waals surface area (Å²) >= 11 is 0.917. The molecule has 4 N–H and O–H groups in total. The third kappa shape index (κ3) is 4.00. The molecule has 0 aliphatic rings. The number of halogens is 1. The highest BCUT2D eigenvalue weighted by Gasteiger charge is 2.20. The molecule has 0 amide bonds. The number of nitrogens with one attached hydrogen (secondary N) is 1. The van der Waals surface area contributed by atoms with Gasteiger partial charge < -0.3 is 24.8 Å². The van der Waals surface area contributed by atoms with Gasteiger partial charge in [-0.15, -0.1) is 11.3 Å². The topological polar surface area (TPSA) is 145 Å². The number of carboxylic acids is 1. The van der Waals surface area contributed by atoms with Crippen molar-refractivity contribution < 1.29 is 28.3 Å². The van der Waals surface area contributed by atoms with Crippen LogP contribution in [-0.2, 0) is 4.74 Å². The van der Waals surface area contributed by atoms with Crippen LogP contribution in [0.3, 0.4) is 0 Å². The maximum atomic E-state index is 14.3. The van der Waals surface area contributed by atoms with Gasteiger partial charge in [0.1, 0.15) is 27.9 Å². The van der Waals surface area contributed by atoms with Crippen molar-refractivity contribution in [1.82, 2.24) is 10.1 Å². The fraction of sp³-hybridized carbons (Fsp3) is 0.176. The summed E-state index contributed by atoms with van der Waals surface area (Å²) in [5.74, 6) is -1.80. The number of hydrogen-bond donors (Lipinski definition) is 3. The number of nitrogens with two attached hydrogens (primary N) is 1. The lowest BCUT2D eigenvalue weighted by Crippen LogP contribution is -2.09. The van der Waals surface area contributed by atoms with Crippen LogP contribution < -0.4 is 10.5 Å². The minimum absolute atomic E-state index is 0.0289. The predicted molar refractivity (Wildman–Crippen MR) is 98.7 cm³/mol. The number of aromatic carboxylic acids is 1. The zero-order valence-corrected chi connectivity index (χ0v) is 15.4. The summed E-state index contributed by atoms with van der Waals surface area (Å²) < 4.78 is 29.5. The highest BCUT2D eigenvalue weighted by atomic mass is 32.1. The SMILES string of the molecule is COCCOc1cc(N)c(C(=N)c2cc(-c3ncc(C(=O)O)s3)no2)cc1F. The number of anilines is 1. The van der Waals surface area contributed by atoms with Gasteiger partial charge in [-0.05, 0) is 6.07 Å². The molecule has 0 radical (unpaired) electrons. The molecule has 0 saturated heterocycles. The number of carbonyl (C=O) groups is 1. The van der Waals surface area contributed by atoms with E-state index in [0.29, 0.717) is 5.01 Å². The molecule has 0 aliphatic carbocycles. The Morgan fingerprint density at radius 2 is 2.18 bits per heavy atom. The van der Waals surface area contributed by atoms with Gasteiger partial charge in [0, 0.05) is 30.5 Å². The van der Waals surface area contributed by atoms with Gasteiger partial charge in [-0.25, -0.2) is 14.2 Å². The minimum Gasteiger partial charge on any atom is -0.488 e. The lowest BCUT2D eigenvalue weighted by atomic mass is 10.1. The second-order valence-electron chi connectivity index (χ2n) is 5.50. The van der Waals surface area contributed by atoms with E-state index >= 15 is 0 Å². The van der Waals surface area contributed by atoms with E-state index in [0.717, 1.165) is 17.4 Å². The lowest BCUT2D eigenvalue weighted by Gasteiger charge is -2.11. The molecule has 3 rings (SSSR count). The first-order valence-electron chi connectivity index (χ1n) is 7.87. The maximum absolute atomic E-state index is 14.3. The van der Waals surface area contributed by atoms with E-state index in [-0.39, 0.29) is 52.3 Å². The molecule has 0 atom stereocenters. The van der Waals surface area contributed by atoms with E-state index in [4.69, 9.17) is 30.2 Å². The normalized spacial score (nSPS) is 10.8. The van der Waals surface area contributed by atoms with E-state index < -0.39 is 11.8 Å². The van der Waals surface area contributed by atoms with Crippen LogP contribution in [0.15, 0.2) is 28.9 Å². The summed E-state index contributed by atoms with van der Waals surface area (Å²) in [5, 5.41) is 21.3. The number of hydrogen-bond acceptors (Lipinski definition) is 9. The fourth-order valence-corrected chi connectivity index (χ4v) is 2.96. The van der Waals surface area contributed by atoms with Crippen LogP contribution >= 0.6 is 11.3 Å². The molecule has 0 fully saturated rings. The van der Waals surface area contributed by atoms with Gasteiger partial charge in [0.2, 0.25) is 0 Å². The molecule has 2 heterocycles. The third-order valence-electron chi connectivity index (χ3n) is 3.61. The van der Waals surface area contributed by atoms with Gasteiger partial charge >= 0.3 is 5.97 Å². The van der Waals surface area contributed by atoms with Gasteiger partial charge in [0.05, 0.1) is 12.8 Å². The van der Waals surface area contributed by atoms with Crippen LogP contribution in [0, 0.1) is 11.2 Å². The molecule has 0 unspecified atom stereocenters. The molecule has 0 spiro atoms. The summed E-state index contributed by atoms with van der Waals surface area (Å²) in [6.07, 6.45) is 1.21. The number of rotatable bonds is 8. The Bertz CT molecular complexity index is 1030. The van der Waals surface area contributed by atoms with Crippen LogP contribution in [0.1, 0.15) is 21.0 Å². The highest BCUT2D eigenvalue weighted by Crippen LogP contribution is 2.29. The fourth-order valence-electron chi connectivity index (χ4n) is 2.25. The number of carboxylic acid groups (broad SMARTS) is 1. The summed E-state index contributed by atoms with van der Waals surface area (Å²) in [7, 11) is 1.50. The number of thiazole rings is 1. The molecule has 11 heteroatoms. The Morgan fingerprint density at radius 1 is 1.39 bits per heavy atom. The van der Waals surface area contributed by atoms with Crippen LogP contribution in [-0.4, -0.2) is 47.3 Å². The Hall–Kier alpha value is -3.31. The van der Waals surface area contributed by atoms with Gasteiger partial charge in [0.15, 0.2) is 17.3 Å². The minimum atomic E-state index is -1.10. The summed E-state index contributed by atoms with van der Waals surface area (Å²) in [5.41, 5.74) is 6.23. The van der Waals surface area contributed by atoms with Gasteiger partial charge in [-0.3, -0.25) is 5.41 Å². The molecule has 3 aromatic rings. The largest absolute Gasteiger partial charge is 0.488 e. The van der Waals surface area contributed by atoms with E-state index in [2.05, 4.69) is 10.1 Å². The molecule has 146 valence electrons.